The molecule has 0 unspecified atom stereocenters. The van der Waals surface area contributed by atoms with Crippen LogP contribution >= 0.6 is 0 Å². The fraction of sp³-hybridized carbons (Fsp3) is 0.133. The number of hydrogen-bond donors (Lipinski definition) is 1. The van der Waals surface area contributed by atoms with Gasteiger partial charge in [0.1, 0.15) is 5.82 Å². The number of nitrogens with zero attached hydrogens (tertiary/aromatic N) is 1. The zero-order chi connectivity index (χ0) is 25.0. The van der Waals surface area contributed by atoms with Gasteiger partial charge in [0.25, 0.3) is 0 Å². The van der Waals surface area contributed by atoms with Crippen LogP contribution < -0.4 is 5.32 Å². The predicted molar refractivity (Wildman–Crippen MR) is 136 cm³/mol. The average molecular weight is 479 g/mol. The van der Waals surface area contributed by atoms with E-state index in [4.69, 9.17) is 4.74 Å². The Morgan fingerprint density at radius 2 is 1.78 bits per heavy atom. The van der Waals surface area contributed by atoms with Crippen LogP contribution in [0.1, 0.15) is 39.9 Å². The Hall–Kier alpha value is -4.45. The molecule has 0 fully saturated rings. The largest absolute Gasteiger partial charge is 0.466 e. The highest BCUT2D eigenvalue weighted by molar-refractivity contribution is 6.23. The second-order valence-corrected chi connectivity index (χ2v) is 9.11. The van der Waals surface area contributed by atoms with Gasteiger partial charge in [-0.3, -0.25) is 4.79 Å². The number of esters is 1. The van der Waals surface area contributed by atoms with Crippen LogP contribution in [0.5, 0.6) is 0 Å². The van der Waals surface area contributed by atoms with Gasteiger partial charge >= 0.3 is 5.97 Å². The van der Waals surface area contributed by atoms with E-state index in [2.05, 4.69) is 5.32 Å². The van der Waals surface area contributed by atoms with Gasteiger partial charge in [-0.15, -0.1) is 0 Å². The molecule has 0 saturated heterocycles. The van der Waals surface area contributed by atoms with Crippen LogP contribution in [0.4, 0.5) is 4.39 Å². The molecule has 6 rings (SSSR count). The molecule has 0 bridgehead atoms. The van der Waals surface area contributed by atoms with E-state index in [9.17, 15) is 14.0 Å². The van der Waals surface area contributed by atoms with E-state index in [-0.39, 0.29) is 11.6 Å². The second-order valence-electron chi connectivity index (χ2n) is 9.11. The number of rotatable bonds is 4. The van der Waals surface area contributed by atoms with Crippen LogP contribution in [0.25, 0.3) is 16.6 Å². The van der Waals surface area contributed by atoms with Crippen molar-refractivity contribution in [2.75, 3.05) is 7.11 Å². The number of nitrogens with one attached hydrogen (secondary N) is 1. The maximum absolute atomic E-state index is 13.9. The van der Waals surface area contributed by atoms with Crippen molar-refractivity contribution in [1.29, 1.82) is 0 Å². The molecule has 0 spiro atoms. The molecule has 0 radical (unpaired) electrons. The molecule has 36 heavy (non-hydrogen) atoms. The number of para-hydroxylation sites is 1. The first-order chi connectivity index (χ1) is 17.5. The minimum absolute atomic E-state index is 0.103. The average Bonchev–Trinajstić information content (AvgIpc) is 3.38. The summed E-state index contributed by atoms with van der Waals surface area (Å²) < 4.78 is 21.1. The summed E-state index contributed by atoms with van der Waals surface area (Å²) in [7, 11) is 1.35. The Morgan fingerprint density at radius 3 is 2.56 bits per heavy atom. The van der Waals surface area contributed by atoms with Gasteiger partial charge in [-0.05, 0) is 36.2 Å². The second kappa shape index (κ2) is 8.34. The Bertz CT molecular complexity index is 1640. The van der Waals surface area contributed by atoms with Gasteiger partial charge in [0.15, 0.2) is 5.78 Å². The number of carbonyl (C=O) groups is 2. The number of aromatic nitrogens is 1. The Morgan fingerprint density at radius 1 is 1.03 bits per heavy atom. The van der Waals surface area contributed by atoms with Crippen molar-refractivity contribution in [2.24, 2.45) is 0 Å². The van der Waals surface area contributed by atoms with Crippen molar-refractivity contribution in [3.05, 3.63) is 124 Å². The number of halogens is 1. The summed E-state index contributed by atoms with van der Waals surface area (Å²) in [5.41, 5.74) is 6.35. The van der Waals surface area contributed by atoms with E-state index in [1.54, 1.807) is 6.07 Å². The van der Waals surface area contributed by atoms with Gasteiger partial charge in [0.2, 0.25) is 0 Å². The van der Waals surface area contributed by atoms with Crippen molar-refractivity contribution in [3.63, 3.8) is 0 Å². The number of carbonyl (C=O) groups excluding carboxylic acids is 2. The van der Waals surface area contributed by atoms with Crippen molar-refractivity contribution in [2.45, 2.75) is 19.4 Å². The summed E-state index contributed by atoms with van der Waals surface area (Å²) in [6, 6.07) is 21.9. The first-order valence-corrected chi connectivity index (χ1v) is 11.7. The van der Waals surface area contributed by atoms with Crippen LogP contribution in [0.2, 0.25) is 0 Å². The molecule has 1 aliphatic carbocycles. The number of dihydropyridines is 1. The van der Waals surface area contributed by atoms with E-state index in [1.807, 2.05) is 72.3 Å². The maximum Gasteiger partial charge on any atom is 0.336 e. The monoisotopic (exact) mass is 478 g/mol. The van der Waals surface area contributed by atoms with Crippen molar-refractivity contribution < 1.29 is 18.7 Å². The highest BCUT2D eigenvalue weighted by atomic mass is 19.1. The number of benzene rings is 3. The van der Waals surface area contributed by atoms with E-state index in [1.165, 1.54) is 19.2 Å². The third kappa shape index (κ3) is 3.29. The molecule has 0 saturated carbocycles. The Labute approximate surface area is 207 Å². The molecule has 5 nitrogen and oxygen atoms in total. The highest BCUT2D eigenvalue weighted by Crippen LogP contribution is 2.48. The topological polar surface area (TPSA) is 60.3 Å². The minimum Gasteiger partial charge on any atom is -0.466 e. The van der Waals surface area contributed by atoms with Crippen LogP contribution in [0, 0.1) is 5.82 Å². The van der Waals surface area contributed by atoms with Crippen LogP contribution in [-0.2, 0) is 16.1 Å². The molecule has 3 aromatic carbocycles. The van der Waals surface area contributed by atoms with Gasteiger partial charge in [0.05, 0.1) is 24.3 Å². The van der Waals surface area contributed by atoms with E-state index >= 15 is 0 Å². The molecule has 2 aliphatic rings. The van der Waals surface area contributed by atoms with Gasteiger partial charge in [-0.2, -0.15) is 0 Å². The van der Waals surface area contributed by atoms with Gasteiger partial charge < -0.3 is 14.6 Å². The third-order valence-corrected chi connectivity index (χ3v) is 7.03. The standard InChI is InChI=1S/C30H23FN2O3/c1-17-25(30(35)36-2)26(27-28(32-17)21-11-3-4-12-22(21)29(27)34)23-16-33(24-13-6-5-10-20(23)24)15-18-8-7-9-19(31)14-18/h3-14,16,26,32H,15H2,1-2H3/t26-/m0/s1. The maximum atomic E-state index is 13.9. The fourth-order valence-electron chi connectivity index (χ4n) is 5.49. The molecule has 2 heterocycles. The molecule has 1 aliphatic heterocycles. The molecule has 6 heteroatoms. The Kier molecular flexibility index (Phi) is 5.11. The van der Waals surface area contributed by atoms with Gasteiger partial charge in [-0.25, -0.2) is 9.18 Å². The first kappa shape index (κ1) is 22.0. The highest BCUT2D eigenvalue weighted by Gasteiger charge is 2.43. The van der Waals surface area contributed by atoms with Crippen LogP contribution in [0.3, 0.4) is 0 Å². The summed E-state index contributed by atoms with van der Waals surface area (Å²) in [5, 5.41) is 4.24. The molecule has 1 aromatic heterocycles. The molecule has 178 valence electrons. The smallest absolute Gasteiger partial charge is 0.336 e. The number of ether oxygens (including phenoxy) is 1. The van der Waals surface area contributed by atoms with E-state index in [0.29, 0.717) is 29.0 Å². The summed E-state index contributed by atoms with van der Waals surface area (Å²) in [6.07, 6.45) is 1.97. The van der Waals surface area contributed by atoms with Crippen LogP contribution in [0.15, 0.2) is 95.8 Å². The normalized spacial score (nSPS) is 16.8. The molecule has 1 atom stereocenters. The SMILES string of the molecule is COC(=O)C1=C(C)NC2=C(C(=O)c3ccccc32)[C@H]1c1cn(Cc2cccc(F)c2)c2ccccc12. The van der Waals surface area contributed by atoms with Crippen LogP contribution in [-0.4, -0.2) is 23.4 Å². The zero-order valence-corrected chi connectivity index (χ0v) is 19.8. The molecule has 0 amide bonds. The van der Waals surface area contributed by atoms with Gasteiger partial charge in [0, 0.05) is 46.0 Å². The number of hydrogen-bond acceptors (Lipinski definition) is 4. The quantitative estimate of drug-likeness (QED) is 0.390. The lowest BCUT2D eigenvalue weighted by Gasteiger charge is -2.28. The lowest BCUT2D eigenvalue weighted by atomic mass is 9.79. The molecular formula is C30H23FN2O3. The van der Waals surface area contributed by atoms with Gasteiger partial charge in [-0.1, -0.05) is 54.6 Å². The number of fused-ring (bicyclic) bond motifs is 3. The summed E-state index contributed by atoms with van der Waals surface area (Å²) in [6.45, 7) is 2.28. The fourth-order valence-corrected chi connectivity index (χ4v) is 5.49. The lowest BCUT2D eigenvalue weighted by Crippen LogP contribution is -2.29. The summed E-state index contributed by atoms with van der Waals surface area (Å²) >= 11 is 0. The lowest BCUT2D eigenvalue weighted by molar-refractivity contribution is -0.136. The summed E-state index contributed by atoms with van der Waals surface area (Å²) in [4.78, 5) is 26.8. The molecular weight excluding hydrogens is 455 g/mol. The number of Topliss-reactive ketones (excluding diaryl/α,β-unsaturated/α-hetero) is 1. The Balaban J connectivity index is 1.58. The van der Waals surface area contributed by atoms with Crippen molar-refractivity contribution in [3.8, 4) is 0 Å². The van der Waals surface area contributed by atoms with Crippen molar-refractivity contribution >= 4 is 28.4 Å². The number of methoxy groups -OCH3 is 1. The number of ketones is 1. The summed E-state index contributed by atoms with van der Waals surface area (Å²) in [5.74, 6) is -1.50. The van der Waals surface area contributed by atoms with E-state index in [0.717, 1.165) is 33.3 Å². The molecule has 4 aromatic rings. The van der Waals surface area contributed by atoms with E-state index < -0.39 is 11.9 Å². The predicted octanol–water partition coefficient (Wildman–Crippen LogP) is 5.57. The first-order valence-electron chi connectivity index (χ1n) is 11.7. The van der Waals surface area contributed by atoms with Crippen molar-refractivity contribution in [1.82, 2.24) is 9.88 Å². The minimum atomic E-state index is -0.618. The molecule has 1 N–H and O–H groups in total. The zero-order valence-electron chi connectivity index (χ0n) is 19.8. The third-order valence-electron chi connectivity index (χ3n) is 7.03. The number of allylic oxidation sites excluding steroid dienone is 2.